The van der Waals surface area contributed by atoms with E-state index in [1.807, 2.05) is 21.5 Å². The lowest BCUT2D eigenvalue weighted by atomic mass is 9.78. The van der Waals surface area contributed by atoms with Gasteiger partial charge < -0.3 is 14.5 Å². The highest BCUT2D eigenvalue weighted by atomic mass is 16.5. The molecular formula is C21H32N4O3. The average molecular weight is 389 g/mol. The molecule has 0 saturated carbocycles. The molecule has 1 aromatic heterocycles. The third-order valence-corrected chi connectivity index (χ3v) is 6.81. The Morgan fingerprint density at radius 3 is 2.82 bits per heavy atom. The molecule has 1 unspecified atom stereocenters. The van der Waals surface area contributed by atoms with Gasteiger partial charge in [-0.1, -0.05) is 0 Å². The number of hydrogen-bond acceptors (Lipinski definition) is 4. The summed E-state index contributed by atoms with van der Waals surface area (Å²) in [5.41, 5.74) is 2.57. The zero-order valence-corrected chi connectivity index (χ0v) is 17.2. The molecule has 3 heterocycles. The number of carbonyl (C=O) groups excluding carboxylic acids is 2. The van der Waals surface area contributed by atoms with Crippen molar-refractivity contribution in [3.05, 3.63) is 17.0 Å². The van der Waals surface area contributed by atoms with Gasteiger partial charge in [-0.3, -0.25) is 14.3 Å². The number of amides is 2. The van der Waals surface area contributed by atoms with Crippen LogP contribution in [-0.4, -0.2) is 71.3 Å². The number of likely N-dealkylation sites (tertiary alicyclic amines) is 2. The first kappa shape index (κ1) is 19.4. The first-order valence-corrected chi connectivity index (χ1v) is 10.7. The molecule has 2 fully saturated rings. The highest BCUT2D eigenvalue weighted by molar-refractivity contribution is 5.95. The Morgan fingerprint density at radius 2 is 2.00 bits per heavy atom. The minimum absolute atomic E-state index is 0.0138. The van der Waals surface area contributed by atoms with Crippen LogP contribution in [0.1, 0.15) is 60.3 Å². The molecule has 7 nitrogen and oxygen atoms in total. The topological polar surface area (TPSA) is 67.7 Å². The number of piperidine rings is 1. The molecule has 0 aromatic carbocycles. The van der Waals surface area contributed by atoms with Crippen molar-refractivity contribution in [1.29, 1.82) is 0 Å². The van der Waals surface area contributed by atoms with E-state index in [0.29, 0.717) is 25.4 Å². The van der Waals surface area contributed by atoms with E-state index in [2.05, 4.69) is 5.10 Å². The van der Waals surface area contributed by atoms with Crippen molar-refractivity contribution in [2.45, 2.75) is 51.4 Å². The normalized spacial score (nSPS) is 24.9. The summed E-state index contributed by atoms with van der Waals surface area (Å²) >= 11 is 0. The highest BCUT2D eigenvalue weighted by Crippen LogP contribution is 2.41. The first-order valence-electron chi connectivity index (χ1n) is 10.7. The van der Waals surface area contributed by atoms with E-state index in [-0.39, 0.29) is 11.8 Å². The summed E-state index contributed by atoms with van der Waals surface area (Å²) in [7, 11) is 3.63. The van der Waals surface area contributed by atoms with E-state index in [1.165, 1.54) is 12.1 Å². The molecule has 0 bridgehead atoms. The average Bonchev–Trinajstić information content (AvgIpc) is 3.28. The number of rotatable bonds is 5. The van der Waals surface area contributed by atoms with Crippen molar-refractivity contribution in [2.75, 3.05) is 39.9 Å². The van der Waals surface area contributed by atoms with Gasteiger partial charge in [0.05, 0.1) is 5.41 Å². The van der Waals surface area contributed by atoms with Crippen molar-refractivity contribution in [2.24, 2.45) is 12.5 Å². The highest BCUT2D eigenvalue weighted by Gasteiger charge is 2.49. The van der Waals surface area contributed by atoms with Crippen molar-refractivity contribution < 1.29 is 14.3 Å². The zero-order valence-electron chi connectivity index (χ0n) is 17.2. The molecule has 2 aliphatic heterocycles. The Hall–Kier alpha value is -1.89. The van der Waals surface area contributed by atoms with Crippen LogP contribution in [0.15, 0.2) is 0 Å². The minimum Gasteiger partial charge on any atom is -0.385 e. The molecule has 7 heteroatoms. The van der Waals surface area contributed by atoms with Gasteiger partial charge in [0.15, 0.2) is 5.69 Å². The lowest BCUT2D eigenvalue weighted by Crippen LogP contribution is -2.50. The zero-order chi connectivity index (χ0) is 19.7. The van der Waals surface area contributed by atoms with Gasteiger partial charge >= 0.3 is 0 Å². The molecule has 1 atom stereocenters. The fourth-order valence-electron chi connectivity index (χ4n) is 5.28. The first-order chi connectivity index (χ1) is 13.6. The standard InChI is InChI=1S/C21H32N4O3/c1-23-17-8-4-3-7-16(17)18(22-23)19(26)25-13-10-21(15-25)9-5-11-24(20(21)27)12-6-14-28-2/h3-15H2,1-2H3. The van der Waals surface area contributed by atoms with Crippen LogP contribution < -0.4 is 0 Å². The Labute approximate surface area is 167 Å². The fourth-order valence-corrected chi connectivity index (χ4v) is 5.28. The monoisotopic (exact) mass is 388 g/mol. The number of aromatic nitrogens is 2. The van der Waals surface area contributed by atoms with Gasteiger partial charge in [-0.25, -0.2) is 0 Å². The predicted molar refractivity (Wildman–Crippen MR) is 105 cm³/mol. The molecule has 28 heavy (non-hydrogen) atoms. The van der Waals surface area contributed by atoms with Crippen molar-refractivity contribution in [3.63, 3.8) is 0 Å². The number of aryl methyl sites for hydroxylation is 1. The number of carbonyl (C=O) groups is 2. The predicted octanol–water partition coefficient (Wildman–Crippen LogP) is 1.79. The summed E-state index contributed by atoms with van der Waals surface area (Å²) in [6.07, 6.45) is 7.77. The molecule has 1 spiro atoms. The van der Waals surface area contributed by atoms with Gasteiger partial charge in [0.2, 0.25) is 5.91 Å². The maximum Gasteiger partial charge on any atom is 0.274 e. The number of fused-ring (bicyclic) bond motifs is 1. The molecule has 4 rings (SSSR count). The van der Waals surface area contributed by atoms with Gasteiger partial charge in [0, 0.05) is 58.2 Å². The largest absolute Gasteiger partial charge is 0.385 e. The molecule has 2 amide bonds. The molecule has 2 saturated heterocycles. The maximum atomic E-state index is 13.3. The molecule has 1 aromatic rings. The third-order valence-electron chi connectivity index (χ3n) is 6.81. The summed E-state index contributed by atoms with van der Waals surface area (Å²) in [6.45, 7) is 3.44. The second kappa shape index (κ2) is 7.85. The molecule has 0 radical (unpaired) electrons. The fraction of sp³-hybridized carbons (Fsp3) is 0.762. The van der Waals surface area contributed by atoms with Crippen LogP contribution in [0.3, 0.4) is 0 Å². The Balaban J connectivity index is 1.47. The maximum absolute atomic E-state index is 13.3. The summed E-state index contributed by atoms with van der Waals surface area (Å²) in [6, 6.07) is 0. The second-order valence-corrected chi connectivity index (χ2v) is 8.60. The molecule has 0 N–H and O–H groups in total. The quantitative estimate of drug-likeness (QED) is 0.722. The van der Waals surface area contributed by atoms with Crippen LogP contribution in [0.5, 0.6) is 0 Å². The van der Waals surface area contributed by atoms with Crippen molar-refractivity contribution >= 4 is 11.8 Å². The Kier molecular flexibility index (Phi) is 5.45. The van der Waals surface area contributed by atoms with Crippen LogP contribution in [0.25, 0.3) is 0 Å². The van der Waals surface area contributed by atoms with Crippen molar-refractivity contribution in [1.82, 2.24) is 19.6 Å². The molecule has 154 valence electrons. The SMILES string of the molecule is COCCCN1CCCC2(CCN(C(=O)c3nn(C)c4c3CCCC4)C2)C1=O. The minimum atomic E-state index is -0.393. The van der Waals surface area contributed by atoms with E-state index < -0.39 is 5.41 Å². The summed E-state index contributed by atoms with van der Waals surface area (Å²) in [5.74, 6) is 0.244. The Bertz CT molecular complexity index is 759. The van der Waals surface area contributed by atoms with Crippen LogP contribution in [-0.2, 0) is 29.4 Å². The van der Waals surface area contributed by atoms with E-state index in [9.17, 15) is 9.59 Å². The molecule has 1 aliphatic carbocycles. The van der Waals surface area contributed by atoms with Crippen LogP contribution >= 0.6 is 0 Å². The number of methoxy groups -OCH3 is 1. The summed E-state index contributed by atoms with van der Waals surface area (Å²) in [4.78, 5) is 30.3. The van der Waals surface area contributed by atoms with Gasteiger partial charge in [0.25, 0.3) is 5.91 Å². The summed E-state index contributed by atoms with van der Waals surface area (Å²) in [5, 5.41) is 4.57. The van der Waals surface area contributed by atoms with E-state index in [0.717, 1.165) is 63.6 Å². The van der Waals surface area contributed by atoms with Crippen LogP contribution in [0.4, 0.5) is 0 Å². The third kappa shape index (κ3) is 3.34. The van der Waals surface area contributed by atoms with Crippen LogP contribution in [0.2, 0.25) is 0 Å². The number of ether oxygens (including phenoxy) is 1. The second-order valence-electron chi connectivity index (χ2n) is 8.60. The lowest BCUT2D eigenvalue weighted by molar-refractivity contribution is -0.145. The van der Waals surface area contributed by atoms with E-state index in [1.54, 1.807) is 7.11 Å². The van der Waals surface area contributed by atoms with Crippen LogP contribution in [0, 0.1) is 5.41 Å². The van der Waals surface area contributed by atoms with Crippen molar-refractivity contribution in [3.8, 4) is 0 Å². The van der Waals surface area contributed by atoms with Gasteiger partial charge in [-0.05, 0) is 51.4 Å². The van der Waals surface area contributed by atoms with E-state index >= 15 is 0 Å². The summed E-state index contributed by atoms with van der Waals surface area (Å²) < 4.78 is 7.02. The molecular weight excluding hydrogens is 356 g/mol. The van der Waals surface area contributed by atoms with E-state index in [4.69, 9.17) is 4.74 Å². The smallest absolute Gasteiger partial charge is 0.274 e. The van der Waals surface area contributed by atoms with Gasteiger partial charge in [-0.15, -0.1) is 0 Å². The number of nitrogens with zero attached hydrogens (tertiary/aromatic N) is 4. The molecule has 3 aliphatic rings. The number of hydrogen-bond donors (Lipinski definition) is 0. The Morgan fingerprint density at radius 1 is 1.18 bits per heavy atom. The van der Waals surface area contributed by atoms with Gasteiger partial charge in [0.1, 0.15) is 0 Å². The lowest BCUT2D eigenvalue weighted by Gasteiger charge is -2.39. The van der Waals surface area contributed by atoms with Gasteiger partial charge in [-0.2, -0.15) is 5.10 Å².